The molecule has 5 heteroatoms. The van der Waals surface area contributed by atoms with Crippen LogP contribution in [0.1, 0.15) is 33.1 Å². The van der Waals surface area contributed by atoms with E-state index in [1.54, 1.807) is 6.92 Å². The Hall–Kier alpha value is -0.130. The normalized spacial score (nSPS) is 14.1. The Bertz CT molecular complexity index is 239. The Morgan fingerprint density at radius 2 is 1.93 bits per heavy atom. The second-order valence-electron chi connectivity index (χ2n) is 3.62. The summed E-state index contributed by atoms with van der Waals surface area (Å²) >= 11 is 0. The van der Waals surface area contributed by atoms with Crippen LogP contribution in [0.15, 0.2) is 0 Å². The van der Waals surface area contributed by atoms with E-state index in [1.165, 1.54) is 0 Å². The Morgan fingerprint density at radius 3 is 2.47 bits per heavy atom. The largest absolute Gasteiger partial charge is 0.382 e. The molecule has 0 spiro atoms. The summed E-state index contributed by atoms with van der Waals surface area (Å²) in [6.45, 7) is 4.98. The minimum atomic E-state index is -2.83. The van der Waals surface area contributed by atoms with Crippen LogP contribution in [0.25, 0.3) is 0 Å². The van der Waals surface area contributed by atoms with Crippen LogP contribution >= 0.6 is 0 Å². The lowest BCUT2D eigenvalue weighted by molar-refractivity contribution is 0.139. The van der Waals surface area contributed by atoms with Crippen LogP contribution in [0.3, 0.4) is 0 Å². The lowest BCUT2D eigenvalue weighted by Crippen LogP contribution is -2.23. The Balaban J connectivity index is 3.50. The van der Waals surface area contributed by atoms with Crippen molar-refractivity contribution >= 4 is 9.84 Å². The van der Waals surface area contributed by atoms with Crippen LogP contribution in [-0.2, 0) is 14.6 Å². The van der Waals surface area contributed by atoms with E-state index in [9.17, 15) is 8.42 Å². The Kier molecular flexibility index (Phi) is 8.00. The molecule has 0 aromatic rings. The van der Waals surface area contributed by atoms with Crippen molar-refractivity contribution < 1.29 is 13.2 Å². The highest BCUT2D eigenvalue weighted by atomic mass is 32.2. The smallest absolute Gasteiger partial charge is 0.150 e. The van der Waals surface area contributed by atoms with Crippen molar-refractivity contribution in [1.82, 2.24) is 0 Å². The van der Waals surface area contributed by atoms with Crippen LogP contribution in [0, 0.1) is 0 Å². The fourth-order valence-electron chi connectivity index (χ4n) is 1.23. The first kappa shape index (κ1) is 14.9. The van der Waals surface area contributed by atoms with Crippen LogP contribution < -0.4 is 5.73 Å². The van der Waals surface area contributed by atoms with Gasteiger partial charge in [-0.2, -0.15) is 0 Å². The van der Waals surface area contributed by atoms with Gasteiger partial charge in [-0.25, -0.2) is 8.42 Å². The predicted octanol–water partition coefficient (Wildman–Crippen LogP) is 0.955. The van der Waals surface area contributed by atoms with Crippen LogP contribution in [0.4, 0.5) is 0 Å². The minimum absolute atomic E-state index is 0.0589. The number of nitrogens with two attached hydrogens (primary N) is 1. The lowest BCUT2D eigenvalue weighted by Gasteiger charge is -2.10. The van der Waals surface area contributed by atoms with E-state index in [0.717, 1.165) is 12.8 Å². The molecule has 0 rings (SSSR count). The number of rotatable bonds is 9. The third kappa shape index (κ3) is 8.84. The number of hydrogen-bond acceptors (Lipinski definition) is 4. The molecular formula is C10H23NO3S. The van der Waals surface area contributed by atoms with Gasteiger partial charge in [0.05, 0.1) is 5.75 Å². The van der Waals surface area contributed by atoms with Crippen molar-refractivity contribution in [2.24, 2.45) is 5.73 Å². The first-order valence-electron chi connectivity index (χ1n) is 5.55. The Morgan fingerprint density at radius 1 is 1.27 bits per heavy atom. The molecule has 0 fully saturated rings. The predicted molar refractivity (Wildman–Crippen MR) is 62.6 cm³/mol. The standard InChI is InChI=1S/C10H23NO3S/c1-3-14-8-7-10(11)6-5-9-15(12,13)4-2/h10H,3-9,11H2,1-2H3. The quantitative estimate of drug-likeness (QED) is 0.606. The van der Waals surface area contributed by atoms with Crippen molar-refractivity contribution in [2.75, 3.05) is 24.7 Å². The summed E-state index contributed by atoms with van der Waals surface area (Å²) in [6, 6.07) is 0.0589. The van der Waals surface area contributed by atoms with E-state index in [0.29, 0.717) is 19.6 Å². The average molecular weight is 237 g/mol. The molecule has 0 aromatic carbocycles. The molecule has 0 bridgehead atoms. The molecule has 0 aromatic heterocycles. The van der Waals surface area contributed by atoms with E-state index in [2.05, 4.69) is 0 Å². The summed E-state index contributed by atoms with van der Waals surface area (Å²) in [7, 11) is -2.83. The van der Waals surface area contributed by atoms with Gasteiger partial charge in [0, 0.05) is 25.0 Å². The lowest BCUT2D eigenvalue weighted by atomic mass is 10.1. The highest BCUT2D eigenvalue weighted by Crippen LogP contribution is 2.03. The number of ether oxygens (including phenoxy) is 1. The van der Waals surface area contributed by atoms with E-state index < -0.39 is 9.84 Å². The molecule has 0 aliphatic rings. The summed E-state index contributed by atoms with van der Waals surface area (Å²) < 4.78 is 27.5. The molecule has 2 N–H and O–H groups in total. The first-order chi connectivity index (χ1) is 7.02. The van der Waals surface area contributed by atoms with Crippen LogP contribution in [0.2, 0.25) is 0 Å². The molecule has 0 amide bonds. The monoisotopic (exact) mass is 237 g/mol. The summed E-state index contributed by atoms with van der Waals surface area (Å²) in [5.41, 5.74) is 5.81. The zero-order valence-electron chi connectivity index (χ0n) is 9.74. The van der Waals surface area contributed by atoms with Crippen molar-refractivity contribution in [3.63, 3.8) is 0 Å². The van der Waals surface area contributed by atoms with Gasteiger partial charge in [-0.15, -0.1) is 0 Å². The molecule has 0 aliphatic heterocycles. The van der Waals surface area contributed by atoms with Crippen molar-refractivity contribution in [2.45, 2.75) is 39.2 Å². The summed E-state index contributed by atoms with van der Waals surface area (Å²) in [6.07, 6.45) is 2.22. The van der Waals surface area contributed by atoms with Gasteiger partial charge in [0.25, 0.3) is 0 Å². The number of sulfone groups is 1. The molecule has 0 aliphatic carbocycles. The van der Waals surface area contributed by atoms with Crippen molar-refractivity contribution in [3.05, 3.63) is 0 Å². The van der Waals surface area contributed by atoms with E-state index >= 15 is 0 Å². The van der Waals surface area contributed by atoms with Crippen LogP contribution in [-0.4, -0.2) is 39.2 Å². The van der Waals surface area contributed by atoms with Gasteiger partial charge in [-0.05, 0) is 26.2 Å². The third-order valence-electron chi connectivity index (χ3n) is 2.31. The van der Waals surface area contributed by atoms with Gasteiger partial charge in [0.2, 0.25) is 0 Å². The SMILES string of the molecule is CCOCCC(N)CCCS(=O)(=O)CC. The van der Waals surface area contributed by atoms with Crippen molar-refractivity contribution in [1.29, 1.82) is 0 Å². The maximum atomic E-state index is 11.2. The molecule has 0 saturated heterocycles. The second-order valence-corrected chi connectivity index (χ2v) is 6.10. The topological polar surface area (TPSA) is 69.4 Å². The third-order valence-corrected chi connectivity index (χ3v) is 4.10. The van der Waals surface area contributed by atoms with Gasteiger partial charge in [-0.1, -0.05) is 6.92 Å². The minimum Gasteiger partial charge on any atom is -0.382 e. The van der Waals surface area contributed by atoms with Crippen LogP contribution in [0.5, 0.6) is 0 Å². The fourth-order valence-corrected chi connectivity index (χ4v) is 2.13. The molecule has 0 heterocycles. The summed E-state index contributed by atoms with van der Waals surface area (Å²) in [5.74, 6) is 0.479. The fraction of sp³-hybridized carbons (Fsp3) is 1.00. The average Bonchev–Trinajstić information content (AvgIpc) is 2.18. The molecule has 92 valence electrons. The van der Waals surface area contributed by atoms with Gasteiger partial charge in [0.1, 0.15) is 9.84 Å². The maximum absolute atomic E-state index is 11.2. The Labute approximate surface area is 93.1 Å². The molecule has 15 heavy (non-hydrogen) atoms. The van der Waals surface area contributed by atoms with E-state index in [-0.39, 0.29) is 17.5 Å². The summed E-state index contributed by atoms with van der Waals surface area (Å²) in [5, 5.41) is 0. The van der Waals surface area contributed by atoms with E-state index in [4.69, 9.17) is 10.5 Å². The highest BCUT2D eigenvalue weighted by Gasteiger charge is 2.09. The van der Waals surface area contributed by atoms with Gasteiger partial charge in [0.15, 0.2) is 0 Å². The second kappa shape index (κ2) is 8.07. The first-order valence-corrected chi connectivity index (χ1v) is 7.37. The van der Waals surface area contributed by atoms with Gasteiger partial charge >= 0.3 is 0 Å². The molecular weight excluding hydrogens is 214 g/mol. The molecule has 1 unspecified atom stereocenters. The molecule has 1 atom stereocenters. The molecule has 0 saturated carbocycles. The maximum Gasteiger partial charge on any atom is 0.150 e. The number of hydrogen-bond donors (Lipinski definition) is 1. The van der Waals surface area contributed by atoms with Gasteiger partial charge in [-0.3, -0.25) is 0 Å². The summed E-state index contributed by atoms with van der Waals surface area (Å²) in [4.78, 5) is 0. The molecule has 4 nitrogen and oxygen atoms in total. The molecule has 0 radical (unpaired) electrons. The van der Waals surface area contributed by atoms with Crippen molar-refractivity contribution in [3.8, 4) is 0 Å². The van der Waals surface area contributed by atoms with E-state index in [1.807, 2.05) is 6.92 Å². The zero-order valence-corrected chi connectivity index (χ0v) is 10.6. The zero-order chi connectivity index (χ0) is 11.7. The highest BCUT2D eigenvalue weighted by molar-refractivity contribution is 7.91. The van der Waals surface area contributed by atoms with Gasteiger partial charge < -0.3 is 10.5 Å².